The lowest BCUT2D eigenvalue weighted by atomic mass is 9.72. The molecule has 5 rings (SSSR count). The van der Waals surface area contributed by atoms with Gasteiger partial charge in [-0.05, 0) is 36.2 Å². The molecular formula is C23H33N6O2S+. The van der Waals surface area contributed by atoms with Crippen LogP contribution in [0, 0.1) is 11.3 Å². The third-order valence-electron chi connectivity index (χ3n) is 7.01. The number of rotatable bonds is 5. The van der Waals surface area contributed by atoms with Crippen LogP contribution in [0.4, 0.5) is 0 Å². The molecule has 3 aromatic rings. The maximum Gasteiger partial charge on any atom is 0.290 e. The minimum Gasteiger partial charge on any atom is -0.370 e. The van der Waals surface area contributed by atoms with Gasteiger partial charge in [-0.25, -0.2) is 14.5 Å². The van der Waals surface area contributed by atoms with Gasteiger partial charge in [0.2, 0.25) is 5.82 Å². The van der Waals surface area contributed by atoms with Crippen LogP contribution in [0.1, 0.15) is 54.7 Å². The third-order valence-corrected chi connectivity index (χ3v) is 8.17. The number of hydrogen-bond acceptors (Lipinski definition) is 6. The molecule has 0 aromatic carbocycles. The Labute approximate surface area is 192 Å². The van der Waals surface area contributed by atoms with Crippen molar-refractivity contribution in [3.63, 3.8) is 0 Å². The predicted octanol–water partition coefficient (Wildman–Crippen LogP) is 1.53. The van der Waals surface area contributed by atoms with Gasteiger partial charge >= 0.3 is 0 Å². The van der Waals surface area contributed by atoms with E-state index in [0.29, 0.717) is 17.9 Å². The SMILES string of the molecule is CC(C)(C)[C@H]1CCc2c(sc3ncn4nc(C(=O)NCCC[NH+]5CCOCC5)nc4c23)C1. The first-order valence-corrected chi connectivity index (χ1v) is 12.6. The van der Waals surface area contributed by atoms with Crippen LogP contribution in [0.5, 0.6) is 0 Å². The summed E-state index contributed by atoms with van der Waals surface area (Å²) in [6.07, 6.45) is 5.94. The number of fused-ring (bicyclic) bond motifs is 5. The van der Waals surface area contributed by atoms with Gasteiger partial charge in [-0.1, -0.05) is 20.8 Å². The Morgan fingerprint density at radius 1 is 1.34 bits per heavy atom. The molecule has 4 heterocycles. The highest BCUT2D eigenvalue weighted by atomic mass is 32.1. The Hall–Kier alpha value is -2.10. The molecule has 0 unspecified atom stereocenters. The molecule has 172 valence electrons. The van der Waals surface area contributed by atoms with Crippen LogP contribution in [-0.2, 0) is 17.6 Å². The average Bonchev–Trinajstić information content (AvgIpc) is 3.37. The number of hydrogen-bond donors (Lipinski definition) is 2. The highest BCUT2D eigenvalue weighted by Gasteiger charge is 2.32. The first-order chi connectivity index (χ1) is 15.4. The Kier molecular flexibility index (Phi) is 5.90. The van der Waals surface area contributed by atoms with Crippen LogP contribution < -0.4 is 10.2 Å². The van der Waals surface area contributed by atoms with Gasteiger partial charge < -0.3 is 15.0 Å². The summed E-state index contributed by atoms with van der Waals surface area (Å²) in [5.74, 6) is 0.689. The van der Waals surface area contributed by atoms with E-state index >= 15 is 0 Å². The minimum atomic E-state index is -0.212. The molecule has 0 spiro atoms. The molecule has 1 aliphatic heterocycles. The number of quaternary nitrogens is 1. The number of ether oxygens (including phenoxy) is 1. The van der Waals surface area contributed by atoms with Gasteiger partial charge in [0.1, 0.15) is 24.2 Å². The Morgan fingerprint density at radius 2 is 2.16 bits per heavy atom. The fourth-order valence-electron chi connectivity index (χ4n) is 4.94. The molecule has 1 amide bonds. The summed E-state index contributed by atoms with van der Waals surface area (Å²) in [7, 11) is 0. The van der Waals surface area contributed by atoms with Crippen LogP contribution in [-0.4, -0.2) is 64.9 Å². The van der Waals surface area contributed by atoms with Crippen LogP contribution in [0.2, 0.25) is 0 Å². The zero-order valence-corrected chi connectivity index (χ0v) is 20.1. The van der Waals surface area contributed by atoms with Gasteiger partial charge in [-0.2, -0.15) is 0 Å². The first-order valence-electron chi connectivity index (χ1n) is 11.8. The van der Waals surface area contributed by atoms with E-state index in [-0.39, 0.29) is 11.7 Å². The fraction of sp³-hybridized carbons (Fsp3) is 0.652. The lowest BCUT2D eigenvalue weighted by Crippen LogP contribution is -3.14. The molecule has 9 heteroatoms. The van der Waals surface area contributed by atoms with E-state index in [4.69, 9.17) is 4.74 Å². The topological polar surface area (TPSA) is 85.9 Å². The van der Waals surface area contributed by atoms with Crippen LogP contribution >= 0.6 is 11.3 Å². The van der Waals surface area contributed by atoms with E-state index in [2.05, 4.69) is 41.2 Å². The average molecular weight is 458 g/mol. The Balaban J connectivity index is 1.31. The number of carbonyl (C=O) groups is 1. The van der Waals surface area contributed by atoms with Gasteiger partial charge in [0, 0.05) is 17.8 Å². The van der Waals surface area contributed by atoms with Crippen LogP contribution in [0.15, 0.2) is 6.33 Å². The number of aryl methyl sites for hydroxylation is 1. The zero-order valence-electron chi connectivity index (χ0n) is 19.2. The summed E-state index contributed by atoms with van der Waals surface area (Å²) in [6, 6.07) is 0. The number of nitrogens with zero attached hydrogens (tertiary/aromatic N) is 4. The van der Waals surface area contributed by atoms with Gasteiger partial charge in [0.05, 0.1) is 25.1 Å². The molecule has 1 atom stereocenters. The largest absolute Gasteiger partial charge is 0.370 e. The van der Waals surface area contributed by atoms with Crippen molar-refractivity contribution in [2.75, 3.05) is 39.4 Å². The summed E-state index contributed by atoms with van der Waals surface area (Å²) in [6.45, 7) is 12.4. The number of thiophene rings is 1. The minimum absolute atomic E-state index is 0.212. The van der Waals surface area contributed by atoms with Gasteiger partial charge in [-0.3, -0.25) is 4.79 Å². The van der Waals surface area contributed by atoms with Gasteiger partial charge in [0.25, 0.3) is 5.91 Å². The summed E-state index contributed by atoms with van der Waals surface area (Å²) in [5, 5.41) is 8.50. The van der Waals surface area contributed by atoms with Crippen molar-refractivity contribution >= 4 is 33.1 Å². The lowest BCUT2D eigenvalue weighted by Gasteiger charge is -2.33. The van der Waals surface area contributed by atoms with E-state index in [1.807, 2.05) is 0 Å². The molecule has 2 N–H and O–H groups in total. The Bertz CT molecular complexity index is 1130. The molecule has 0 bridgehead atoms. The predicted molar refractivity (Wildman–Crippen MR) is 124 cm³/mol. The first kappa shape index (κ1) is 21.7. The smallest absolute Gasteiger partial charge is 0.290 e. The Morgan fingerprint density at radius 3 is 2.94 bits per heavy atom. The summed E-state index contributed by atoms with van der Waals surface area (Å²) >= 11 is 1.78. The molecule has 0 radical (unpaired) electrons. The van der Waals surface area contributed by atoms with Crippen molar-refractivity contribution in [3.05, 3.63) is 22.6 Å². The molecule has 1 aliphatic carbocycles. The molecule has 1 fully saturated rings. The van der Waals surface area contributed by atoms with Crippen LogP contribution in [0.3, 0.4) is 0 Å². The molecule has 32 heavy (non-hydrogen) atoms. The van der Waals surface area contributed by atoms with Crippen molar-refractivity contribution in [3.8, 4) is 0 Å². The second-order valence-corrected chi connectivity index (χ2v) is 11.2. The monoisotopic (exact) mass is 457 g/mol. The van der Waals surface area contributed by atoms with E-state index in [1.54, 1.807) is 27.1 Å². The van der Waals surface area contributed by atoms with Crippen LogP contribution in [0.25, 0.3) is 15.9 Å². The lowest BCUT2D eigenvalue weighted by molar-refractivity contribution is -0.908. The zero-order chi connectivity index (χ0) is 22.3. The van der Waals surface area contributed by atoms with Crippen molar-refractivity contribution in [2.24, 2.45) is 11.3 Å². The molecular weight excluding hydrogens is 424 g/mol. The normalized spacial score (nSPS) is 20.0. The van der Waals surface area contributed by atoms with Crippen molar-refractivity contribution in [1.29, 1.82) is 0 Å². The quantitative estimate of drug-likeness (QED) is 0.568. The second kappa shape index (κ2) is 8.68. The molecule has 1 saturated heterocycles. The number of aromatic nitrogens is 4. The molecule has 0 saturated carbocycles. The molecule has 2 aliphatic rings. The standard InChI is InChI=1S/C23H32N6O2S/c1-23(2,3)15-5-6-16-17(13-15)32-22-18(16)20-26-19(27-29(20)14-25-22)21(30)24-7-4-8-28-9-11-31-12-10-28/h14-15H,4-13H2,1-3H3,(H,24,30)/p+1/t15-/m0/s1. The van der Waals surface area contributed by atoms with E-state index in [1.165, 1.54) is 16.9 Å². The maximum atomic E-state index is 12.7. The van der Waals surface area contributed by atoms with Crippen molar-refractivity contribution < 1.29 is 14.4 Å². The van der Waals surface area contributed by atoms with Crippen molar-refractivity contribution in [1.82, 2.24) is 24.9 Å². The summed E-state index contributed by atoms with van der Waals surface area (Å²) in [5.41, 5.74) is 2.42. The summed E-state index contributed by atoms with van der Waals surface area (Å²) < 4.78 is 7.06. The van der Waals surface area contributed by atoms with E-state index < -0.39 is 0 Å². The van der Waals surface area contributed by atoms with E-state index in [0.717, 1.165) is 68.0 Å². The van der Waals surface area contributed by atoms with E-state index in [9.17, 15) is 4.79 Å². The fourth-order valence-corrected chi connectivity index (χ4v) is 6.20. The third kappa shape index (κ3) is 4.25. The molecule has 3 aromatic heterocycles. The number of amides is 1. The van der Waals surface area contributed by atoms with Gasteiger partial charge in [-0.15, -0.1) is 16.4 Å². The number of carbonyl (C=O) groups excluding carboxylic acids is 1. The highest BCUT2D eigenvalue weighted by molar-refractivity contribution is 7.19. The summed E-state index contributed by atoms with van der Waals surface area (Å²) in [4.78, 5) is 25.9. The number of nitrogens with one attached hydrogen (secondary N) is 2. The highest BCUT2D eigenvalue weighted by Crippen LogP contribution is 2.43. The maximum absolute atomic E-state index is 12.7. The second-order valence-electron chi connectivity index (χ2n) is 10.2. The van der Waals surface area contributed by atoms with Gasteiger partial charge in [0.15, 0.2) is 5.65 Å². The molecule has 8 nitrogen and oxygen atoms in total. The van der Waals surface area contributed by atoms with Crippen molar-refractivity contribution in [2.45, 2.75) is 46.5 Å². The number of morpholine rings is 1.